The summed E-state index contributed by atoms with van der Waals surface area (Å²) in [5.74, 6) is -2.63. The van der Waals surface area contributed by atoms with E-state index in [4.69, 9.17) is 20.3 Å². The number of rotatable bonds is 5. The van der Waals surface area contributed by atoms with E-state index in [1.165, 1.54) is 26.0 Å². The number of aliphatic carboxylic acids is 1. The molecule has 0 radical (unpaired) electrons. The van der Waals surface area contributed by atoms with Crippen molar-refractivity contribution >= 4 is 17.9 Å². The molecule has 0 saturated heterocycles. The minimum absolute atomic E-state index is 0.0205. The maximum Gasteiger partial charge on any atom is 0.342 e. The molecule has 0 aromatic heterocycles. The van der Waals surface area contributed by atoms with E-state index in [1.54, 1.807) is 12.1 Å². The third kappa shape index (κ3) is 4.06. The third-order valence-electron chi connectivity index (χ3n) is 2.44. The fourth-order valence-electron chi connectivity index (χ4n) is 1.39. The van der Waals surface area contributed by atoms with Gasteiger partial charge in [-0.15, -0.1) is 0 Å². The number of carbonyl (C=O) groups is 3. The molecule has 0 unspecified atom stereocenters. The van der Waals surface area contributed by atoms with Gasteiger partial charge in [-0.3, -0.25) is 9.59 Å². The maximum absolute atomic E-state index is 11.9. The van der Waals surface area contributed by atoms with Gasteiger partial charge >= 0.3 is 17.9 Å². The zero-order valence-corrected chi connectivity index (χ0v) is 11.0. The predicted octanol–water partition coefficient (Wildman–Crippen LogP) is 0.569. The third-order valence-corrected chi connectivity index (χ3v) is 2.44. The summed E-state index contributed by atoms with van der Waals surface area (Å²) in [4.78, 5) is 33.5. The number of carbonyl (C=O) groups excluding carboxylic acids is 2. The van der Waals surface area contributed by atoms with Crippen molar-refractivity contribution in [1.82, 2.24) is 0 Å². The highest BCUT2D eigenvalue weighted by molar-refractivity contribution is 5.93. The van der Waals surface area contributed by atoms with Crippen molar-refractivity contribution in [2.45, 2.75) is 26.0 Å². The number of carboxylic acids is 1. The first-order valence-electron chi connectivity index (χ1n) is 5.79. The lowest BCUT2D eigenvalue weighted by molar-refractivity contribution is -0.141. The molecular weight excluding hydrogens is 266 g/mol. The van der Waals surface area contributed by atoms with Gasteiger partial charge in [-0.1, -0.05) is 12.1 Å². The van der Waals surface area contributed by atoms with Gasteiger partial charge in [0.15, 0.2) is 0 Å². The van der Waals surface area contributed by atoms with E-state index in [1.807, 2.05) is 0 Å². The Labute approximate surface area is 115 Å². The van der Waals surface area contributed by atoms with Crippen molar-refractivity contribution < 1.29 is 29.0 Å². The zero-order valence-electron chi connectivity index (χ0n) is 11.0. The molecule has 3 N–H and O–H groups in total. The molecule has 0 bridgehead atoms. The van der Waals surface area contributed by atoms with Crippen molar-refractivity contribution in [2.24, 2.45) is 5.73 Å². The van der Waals surface area contributed by atoms with Gasteiger partial charge in [-0.2, -0.15) is 0 Å². The molecule has 108 valence electrons. The Morgan fingerprint density at radius 3 is 2.40 bits per heavy atom. The Morgan fingerprint density at radius 2 is 1.85 bits per heavy atom. The van der Waals surface area contributed by atoms with Crippen LogP contribution in [0.5, 0.6) is 5.75 Å². The van der Waals surface area contributed by atoms with Gasteiger partial charge in [0, 0.05) is 6.92 Å². The van der Waals surface area contributed by atoms with E-state index in [-0.39, 0.29) is 11.3 Å². The molecule has 0 aliphatic heterocycles. The van der Waals surface area contributed by atoms with Crippen LogP contribution in [-0.2, 0) is 14.3 Å². The van der Waals surface area contributed by atoms with Crippen LogP contribution >= 0.6 is 0 Å². The Morgan fingerprint density at radius 1 is 1.25 bits per heavy atom. The SMILES string of the molecule is CC(=O)Oc1ccccc1C(=O)O[C@H](C)[C@H](N)C(=O)O. The van der Waals surface area contributed by atoms with E-state index < -0.39 is 30.1 Å². The van der Waals surface area contributed by atoms with E-state index in [2.05, 4.69) is 0 Å². The van der Waals surface area contributed by atoms with Crippen molar-refractivity contribution in [1.29, 1.82) is 0 Å². The van der Waals surface area contributed by atoms with Crippen LogP contribution in [0.4, 0.5) is 0 Å². The van der Waals surface area contributed by atoms with Gasteiger partial charge in [0.25, 0.3) is 0 Å². The Kier molecular flexibility index (Phi) is 5.22. The summed E-state index contributed by atoms with van der Waals surface area (Å²) >= 11 is 0. The highest BCUT2D eigenvalue weighted by atomic mass is 16.6. The van der Waals surface area contributed by atoms with Crippen molar-refractivity contribution in [2.75, 3.05) is 0 Å². The van der Waals surface area contributed by atoms with Crippen LogP contribution in [0.15, 0.2) is 24.3 Å². The molecule has 0 aliphatic rings. The molecule has 2 atom stereocenters. The average molecular weight is 281 g/mol. The van der Waals surface area contributed by atoms with E-state index in [0.717, 1.165) is 0 Å². The summed E-state index contributed by atoms with van der Waals surface area (Å²) in [5.41, 5.74) is 5.36. The van der Waals surface area contributed by atoms with Crippen LogP contribution in [0.3, 0.4) is 0 Å². The van der Waals surface area contributed by atoms with Gasteiger partial charge in [-0.05, 0) is 19.1 Å². The number of benzene rings is 1. The fraction of sp³-hybridized carbons (Fsp3) is 0.308. The number of ether oxygens (including phenoxy) is 2. The molecule has 1 aromatic carbocycles. The van der Waals surface area contributed by atoms with E-state index in [9.17, 15) is 14.4 Å². The van der Waals surface area contributed by atoms with Crippen LogP contribution < -0.4 is 10.5 Å². The topological polar surface area (TPSA) is 116 Å². The molecule has 7 nitrogen and oxygen atoms in total. The molecule has 0 heterocycles. The zero-order chi connectivity index (χ0) is 15.3. The molecule has 0 spiro atoms. The molecule has 0 fully saturated rings. The largest absolute Gasteiger partial charge is 0.480 e. The second-order valence-corrected chi connectivity index (χ2v) is 4.06. The molecule has 0 aliphatic carbocycles. The fourth-order valence-corrected chi connectivity index (χ4v) is 1.39. The van der Waals surface area contributed by atoms with E-state index in [0.29, 0.717) is 0 Å². The normalized spacial score (nSPS) is 13.2. The van der Waals surface area contributed by atoms with Gasteiger partial charge in [0.05, 0.1) is 0 Å². The van der Waals surface area contributed by atoms with Crippen molar-refractivity contribution in [3.05, 3.63) is 29.8 Å². The Hall–Kier alpha value is -2.41. The predicted molar refractivity (Wildman–Crippen MR) is 68.2 cm³/mol. The highest BCUT2D eigenvalue weighted by Crippen LogP contribution is 2.20. The van der Waals surface area contributed by atoms with Crippen molar-refractivity contribution in [3.8, 4) is 5.75 Å². The molecule has 7 heteroatoms. The monoisotopic (exact) mass is 281 g/mol. The summed E-state index contributed by atoms with van der Waals surface area (Å²) in [6, 6.07) is 4.64. The Bertz CT molecular complexity index is 527. The highest BCUT2D eigenvalue weighted by Gasteiger charge is 2.25. The van der Waals surface area contributed by atoms with Crippen LogP contribution in [0.1, 0.15) is 24.2 Å². The number of esters is 2. The minimum Gasteiger partial charge on any atom is -0.480 e. The second-order valence-electron chi connectivity index (χ2n) is 4.06. The average Bonchev–Trinajstić information content (AvgIpc) is 2.37. The lowest BCUT2D eigenvalue weighted by Gasteiger charge is -2.17. The Balaban J connectivity index is 2.87. The molecule has 20 heavy (non-hydrogen) atoms. The molecule has 0 saturated carbocycles. The summed E-state index contributed by atoms with van der Waals surface area (Å²) < 4.78 is 9.81. The van der Waals surface area contributed by atoms with Gasteiger partial charge in [-0.25, -0.2) is 4.79 Å². The number of para-hydroxylation sites is 1. The van der Waals surface area contributed by atoms with Gasteiger partial charge in [0.2, 0.25) is 0 Å². The number of hydrogen-bond acceptors (Lipinski definition) is 6. The van der Waals surface area contributed by atoms with Gasteiger partial charge in [0.1, 0.15) is 23.5 Å². The lowest BCUT2D eigenvalue weighted by atomic mass is 10.2. The van der Waals surface area contributed by atoms with Crippen LogP contribution in [0.25, 0.3) is 0 Å². The van der Waals surface area contributed by atoms with Crippen LogP contribution in [0.2, 0.25) is 0 Å². The first kappa shape index (κ1) is 15.6. The first-order valence-corrected chi connectivity index (χ1v) is 5.79. The standard InChI is InChI=1S/C13H15NO6/c1-7(11(14)12(16)17)19-13(18)9-5-3-4-6-10(9)20-8(2)15/h3-7,11H,14H2,1-2H3,(H,16,17)/t7-,11+/m1/s1. The maximum atomic E-state index is 11.9. The van der Waals surface area contributed by atoms with Gasteiger partial charge < -0.3 is 20.3 Å². The van der Waals surface area contributed by atoms with Crippen LogP contribution in [-0.4, -0.2) is 35.2 Å². The molecule has 1 aromatic rings. The lowest BCUT2D eigenvalue weighted by Crippen LogP contribution is -2.42. The first-order chi connectivity index (χ1) is 9.32. The minimum atomic E-state index is -1.33. The molecular formula is C13H15NO6. The molecule has 1 rings (SSSR count). The molecule has 0 amide bonds. The summed E-state index contributed by atoms with van der Waals surface area (Å²) in [6.45, 7) is 2.57. The second kappa shape index (κ2) is 6.67. The van der Waals surface area contributed by atoms with Crippen molar-refractivity contribution in [3.63, 3.8) is 0 Å². The number of nitrogens with two attached hydrogens (primary N) is 1. The summed E-state index contributed by atoms with van der Waals surface area (Å²) in [5, 5.41) is 8.72. The smallest absolute Gasteiger partial charge is 0.342 e. The quantitative estimate of drug-likeness (QED) is 0.598. The summed E-state index contributed by atoms with van der Waals surface area (Å²) in [6.07, 6.45) is -1.02. The summed E-state index contributed by atoms with van der Waals surface area (Å²) in [7, 11) is 0. The number of hydrogen-bond donors (Lipinski definition) is 2. The number of carboxylic acid groups (broad SMARTS) is 1. The van der Waals surface area contributed by atoms with Crippen LogP contribution in [0, 0.1) is 0 Å². The van der Waals surface area contributed by atoms with E-state index >= 15 is 0 Å².